The Hall–Kier alpha value is -3.41. The smallest absolute Gasteiger partial charge is 0.420 e. The van der Waals surface area contributed by atoms with Crippen molar-refractivity contribution >= 4 is 5.69 Å². The average Bonchev–Trinajstić information content (AvgIpc) is 3.35. The Kier molecular flexibility index (Phi) is 7.39. The van der Waals surface area contributed by atoms with E-state index in [0.29, 0.717) is 32.5 Å². The maximum atomic E-state index is 14.8. The summed E-state index contributed by atoms with van der Waals surface area (Å²) in [4.78, 5) is 1.63. The topological polar surface area (TPSA) is 54.7 Å². The van der Waals surface area contributed by atoms with E-state index in [-0.39, 0.29) is 17.9 Å². The van der Waals surface area contributed by atoms with E-state index in [4.69, 9.17) is 19.5 Å². The normalized spacial score (nSPS) is 16.6. The molecule has 1 fully saturated rings. The molecule has 5 nitrogen and oxygen atoms in total. The summed E-state index contributed by atoms with van der Waals surface area (Å²) in [7, 11) is 0. The number of piperidine rings is 1. The lowest BCUT2D eigenvalue weighted by molar-refractivity contribution is -0.140. The maximum Gasteiger partial charge on any atom is 0.420 e. The van der Waals surface area contributed by atoms with Crippen LogP contribution in [-0.4, -0.2) is 26.0 Å². The molecule has 0 bridgehead atoms. The largest absolute Gasteiger partial charge is 0.494 e. The van der Waals surface area contributed by atoms with E-state index in [1.54, 1.807) is 4.90 Å². The van der Waals surface area contributed by atoms with Crippen LogP contribution in [0.5, 0.6) is 5.75 Å². The summed E-state index contributed by atoms with van der Waals surface area (Å²) in [5, 5.41) is 8.97. The van der Waals surface area contributed by atoms with Crippen LogP contribution in [0.4, 0.5) is 23.2 Å². The van der Waals surface area contributed by atoms with Crippen LogP contribution in [0.3, 0.4) is 0 Å². The number of ether oxygens (including phenoxy) is 3. The Bertz CT molecular complexity index is 1110. The van der Waals surface area contributed by atoms with Gasteiger partial charge in [0.25, 0.3) is 0 Å². The molecule has 0 spiro atoms. The number of hydrogen-bond donors (Lipinski definition) is 0. The molecule has 0 saturated carbocycles. The van der Waals surface area contributed by atoms with Crippen LogP contribution < -0.4 is 9.64 Å². The number of aryl methyl sites for hydroxylation is 1. The number of anilines is 1. The Labute approximate surface area is 201 Å². The first-order valence-electron chi connectivity index (χ1n) is 11.5. The third-order valence-corrected chi connectivity index (χ3v) is 6.41. The first-order valence-corrected chi connectivity index (χ1v) is 11.5. The van der Waals surface area contributed by atoms with Crippen molar-refractivity contribution in [2.45, 2.75) is 51.0 Å². The van der Waals surface area contributed by atoms with Crippen molar-refractivity contribution in [3.05, 3.63) is 70.9 Å². The fraction of sp³-hybridized carbons (Fsp3) is 0.423. The molecular weight excluding hydrogens is 464 g/mol. The van der Waals surface area contributed by atoms with Gasteiger partial charge in [0.05, 0.1) is 23.9 Å². The summed E-state index contributed by atoms with van der Waals surface area (Å²) in [5.74, 6) is -0.391. The zero-order valence-corrected chi connectivity index (χ0v) is 19.3. The quantitative estimate of drug-likeness (QED) is 0.332. The van der Waals surface area contributed by atoms with Gasteiger partial charge in [-0.25, -0.2) is 4.39 Å². The number of alkyl halides is 3. The molecule has 2 aromatic carbocycles. The van der Waals surface area contributed by atoms with Crippen LogP contribution in [0.1, 0.15) is 53.9 Å². The monoisotopic (exact) mass is 490 g/mol. The van der Waals surface area contributed by atoms with E-state index in [9.17, 15) is 17.6 Å². The molecule has 1 saturated heterocycles. The Morgan fingerprint density at radius 1 is 1.11 bits per heavy atom. The highest BCUT2D eigenvalue weighted by Gasteiger charge is 2.39. The van der Waals surface area contributed by atoms with Crippen LogP contribution in [0.25, 0.3) is 0 Å². The predicted molar refractivity (Wildman–Crippen MR) is 121 cm³/mol. The predicted octanol–water partition coefficient (Wildman–Crippen LogP) is 6.41. The molecular formula is C26H26F4N2O3. The molecule has 0 amide bonds. The van der Waals surface area contributed by atoms with Crippen LogP contribution in [0, 0.1) is 24.1 Å². The highest BCUT2D eigenvalue weighted by molar-refractivity contribution is 5.57. The molecule has 0 aliphatic carbocycles. The Morgan fingerprint density at radius 2 is 1.83 bits per heavy atom. The number of halogens is 4. The minimum atomic E-state index is -4.93. The fourth-order valence-electron chi connectivity index (χ4n) is 4.65. The molecule has 2 heterocycles. The van der Waals surface area contributed by atoms with Gasteiger partial charge in [-0.3, -0.25) is 0 Å². The third kappa shape index (κ3) is 5.64. The van der Waals surface area contributed by atoms with E-state index < -0.39 is 23.1 Å². The number of nitrogens with zero attached hydrogens (tertiary/aromatic N) is 2. The lowest BCUT2D eigenvalue weighted by atomic mass is 9.86. The number of hydrogen-bond acceptors (Lipinski definition) is 5. The highest BCUT2D eigenvalue weighted by Crippen LogP contribution is 2.39. The van der Waals surface area contributed by atoms with E-state index in [1.165, 1.54) is 24.7 Å². The van der Waals surface area contributed by atoms with Crippen molar-refractivity contribution < 1.29 is 31.8 Å². The maximum absolute atomic E-state index is 14.8. The molecule has 186 valence electrons. The standard InChI is InChI=1S/C26H26F4N2O3/c1-17-15-20(33-12-2-3-23-34-13-14-35-23)5-6-21(17)18-8-10-32(11-9-18)22-7-4-19(16-31)24(25(22)27)26(28,29)30/h4-7,13-15,18,23H,2-3,8-12H2,1H3. The van der Waals surface area contributed by atoms with Gasteiger partial charge in [-0.15, -0.1) is 0 Å². The molecule has 0 N–H and O–H groups in total. The minimum Gasteiger partial charge on any atom is -0.494 e. The lowest BCUT2D eigenvalue weighted by Crippen LogP contribution is -2.34. The van der Waals surface area contributed by atoms with Crippen molar-refractivity contribution in [3.8, 4) is 11.8 Å². The molecule has 4 rings (SSSR count). The summed E-state index contributed by atoms with van der Waals surface area (Å²) in [6.07, 6.45) is 0.748. The number of nitriles is 1. The van der Waals surface area contributed by atoms with E-state index in [0.717, 1.165) is 35.8 Å². The first-order chi connectivity index (χ1) is 16.8. The minimum absolute atomic E-state index is 0.112. The molecule has 0 radical (unpaired) electrons. The summed E-state index contributed by atoms with van der Waals surface area (Å²) in [5.41, 5.74) is -0.0714. The van der Waals surface area contributed by atoms with Crippen molar-refractivity contribution in [1.82, 2.24) is 0 Å². The van der Waals surface area contributed by atoms with Gasteiger partial charge in [-0.2, -0.15) is 18.4 Å². The number of rotatable bonds is 7. The van der Waals surface area contributed by atoms with Gasteiger partial charge in [0.1, 0.15) is 23.8 Å². The Balaban J connectivity index is 1.35. The Morgan fingerprint density at radius 3 is 2.46 bits per heavy atom. The van der Waals surface area contributed by atoms with Gasteiger partial charge in [-0.1, -0.05) is 6.07 Å². The summed E-state index contributed by atoms with van der Waals surface area (Å²) >= 11 is 0. The average molecular weight is 490 g/mol. The van der Waals surface area contributed by atoms with E-state index in [1.807, 2.05) is 25.1 Å². The van der Waals surface area contributed by atoms with Gasteiger partial charge in [0.15, 0.2) is 5.82 Å². The zero-order chi connectivity index (χ0) is 25.0. The molecule has 0 unspecified atom stereocenters. The van der Waals surface area contributed by atoms with Crippen molar-refractivity contribution in [1.29, 1.82) is 5.26 Å². The van der Waals surface area contributed by atoms with Crippen LogP contribution >= 0.6 is 0 Å². The van der Waals surface area contributed by atoms with Crippen LogP contribution in [-0.2, 0) is 15.7 Å². The number of benzene rings is 2. The van der Waals surface area contributed by atoms with Crippen molar-refractivity contribution in [2.75, 3.05) is 24.6 Å². The van der Waals surface area contributed by atoms with E-state index in [2.05, 4.69) is 0 Å². The zero-order valence-electron chi connectivity index (χ0n) is 19.3. The van der Waals surface area contributed by atoms with E-state index >= 15 is 0 Å². The summed E-state index contributed by atoms with van der Waals surface area (Å²) in [6, 6.07) is 9.69. The molecule has 35 heavy (non-hydrogen) atoms. The molecule has 0 aromatic heterocycles. The molecule has 9 heteroatoms. The van der Waals surface area contributed by atoms with Crippen molar-refractivity contribution in [2.24, 2.45) is 0 Å². The molecule has 2 aromatic rings. The molecule has 2 aliphatic heterocycles. The third-order valence-electron chi connectivity index (χ3n) is 6.41. The van der Waals surface area contributed by atoms with Gasteiger partial charge in [-0.05, 0) is 67.5 Å². The lowest BCUT2D eigenvalue weighted by Gasteiger charge is -2.35. The van der Waals surface area contributed by atoms with Crippen LogP contribution in [0.15, 0.2) is 42.9 Å². The second kappa shape index (κ2) is 10.5. The van der Waals surface area contributed by atoms with Crippen molar-refractivity contribution in [3.63, 3.8) is 0 Å². The van der Waals surface area contributed by atoms with Gasteiger partial charge >= 0.3 is 6.18 Å². The van der Waals surface area contributed by atoms with Gasteiger partial charge in [0, 0.05) is 19.5 Å². The first kappa shape index (κ1) is 24.7. The van der Waals surface area contributed by atoms with Gasteiger partial charge in [0.2, 0.25) is 6.29 Å². The summed E-state index contributed by atoms with van der Waals surface area (Å²) in [6.45, 7) is 3.39. The fourth-order valence-corrected chi connectivity index (χ4v) is 4.65. The summed E-state index contributed by atoms with van der Waals surface area (Å²) < 4.78 is 71.1. The van der Waals surface area contributed by atoms with Gasteiger partial charge < -0.3 is 19.1 Å². The highest BCUT2D eigenvalue weighted by atomic mass is 19.4. The second-order valence-corrected chi connectivity index (χ2v) is 8.68. The SMILES string of the molecule is Cc1cc(OCCCC2OC=CO2)ccc1C1CCN(c2ccc(C#N)c(C(F)(F)F)c2F)CC1. The second-order valence-electron chi connectivity index (χ2n) is 8.68. The van der Waals surface area contributed by atoms with Crippen LogP contribution in [0.2, 0.25) is 0 Å². The molecule has 2 aliphatic rings. The molecule has 0 atom stereocenters.